The molecular weight excluding hydrogens is 364 g/mol. The van der Waals surface area contributed by atoms with E-state index >= 15 is 0 Å². The third-order valence-corrected chi connectivity index (χ3v) is 5.89. The minimum atomic E-state index is -3.61. The highest BCUT2D eigenvalue weighted by Crippen LogP contribution is 2.28. The molecule has 1 fully saturated rings. The minimum absolute atomic E-state index is 0.0179. The van der Waals surface area contributed by atoms with Gasteiger partial charge >= 0.3 is 0 Å². The van der Waals surface area contributed by atoms with Crippen LogP contribution in [-0.2, 0) is 14.8 Å². The van der Waals surface area contributed by atoms with E-state index in [1.165, 1.54) is 18.2 Å². The van der Waals surface area contributed by atoms with Crippen molar-refractivity contribution in [2.24, 2.45) is 0 Å². The third-order valence-electron chi connectivity index (χ3n) is 4.07. The Hall–Kier alpha value is -1.31. The molecule has 1 saturated carbocycles. The SMILES string of the molecule is CCCNC(=O)COc1ccc(S(=O)(=O)NC2CCCCC2)cc1Cl. The molecule has 0 aliphatic heterocycles. The molecule has 1 aromatic carbocycles. The van der Waals surface area contributed by atoms with Crippen LogP contribution in [0.2, 0.25) is 5.02 Å². The Kier molecular flexibility index (Phi) is 7.53. The molecule has 1 aromatic rings. The lowest BCUT2D eigenvalue weighted by Gasteiger charge is -2.22. The Morgan fingerprint density at radius 1 is 1.28 bits per heavy atom. The van der Waals surface area contributed by atoms with E-state index in [4.69, 9.17) is 16.3 Å². The second kappa shape index (κ2) is 9.40. The summed E-state index contributed by atoms with van der Waals surface area (Å²) in [6.45, 7) is 2.38. The summed E-state index contributed by atoms with van der Waals surface area (Å²) in [5.74, 6) is 0.0403. The second-order valence-electron chi connectivity index (χ2n) is 6.19. The van der Waals surface area contributed by atoms with E-state index in [0.29, 0.717) is 6.54 Å². The average molecular weight is 389 g/mol. The van der Waals surface area contributed by atoms with Gasteiger partial charge in [0.2, 0.25) is 10.0 Å². The van der Waals surface area contributed by atoms with Gasteiger partial charge in [-0.3, -0.25) is 4.79 Å². The molecule has 1 aliphatic rings. The summed E-state index contributed by atoms with van der Waals surface area (Å²) in [7, 11) is -3.61. The molecule has 6 nitrogen and oxygen atoms in total. The lowest BCUT2D eigenvalue weighted by molar-refractivity contribution is -0.123. The Morgan fingerprint density at radius 3 is 2.64 bits per heavy atom. The van der Waals surface area contributed by atoms with E-state index in [9.17, 15) is 13.2 Å². The zero-order chi connectivity index (χ0) is 18.3. The van der Waals surface area contributed by atoms with Gasteiger partial charge in [-0.15, -0.1) is 0 Å². The lowest BCUT2D eigenvalue weighted by atomic mass is 9.96. The fourth-order valence-electron chi connectivity index (χ4n) is 2.73. The van der Waals surface area contributed by atoms with Gasteiger partial charge < -0.3 is 10.1 Å². The fourth-order valence-corrected chi connectivity index (χ4v) is 4.36. The smallest absolute Gasteiger partial charge is 0.257 e. The van der Waals surface area contributed by atoms with E-state index in [-0.39, 0.29) is 34.2 Å². The monoisotopic (exact) mass is 388 g/mol. The summed E-state index contributed by atoms with van der Waals surface area (Å²) in [5, 5.41) is 2.85. The van der Waals surface area contributed by atoms with Crippen LogP contribution in [0.4, 0.5) is 0 Å². The number of carbonyl (C=O) groups excluding carboxylic acids is 1. The number of carbonyl (C=O) groups is 1. The van der Waals surface area contributed by atoms with Crippen molar-refractivity contribution in [1.29, 1.82) is 0 Å². The molecule has 25 heavy (non-hydrogen) atoms. The maximum Gasteiger partial charge on any atom is 0.257 e. The van der Waals surface area contributed by atoms with Crippen LogP contribution in [-0.4, -0.2) is 33.5 Å². The first kappa shape index (κ1) is 20.0. The van der Waals surface area contributed by atoms with Crippen molar-refractivity contribution >= 4 is 27.5 Å². The van der Waals surface area contributed by atoms with Crippen molar-refractivity contribution in [3.63, 3.8) is 0 Å². The Bertz CT molecular complexity index is 688. The maximum absolute atomic E-state index is 12.5. The zero-order valence-corrected chi connectivity index (χ0v) is 16.0. The summed E-state index contributed by atoms with van der Waals surface area (Å²) in [5.41, 5.74) is 0. The molecule has 2 N–H and O–H groups in total. The minimum Gasteiger partial charge on any atom is -0.482 e. The molecular formula is C17H25ClN2O4S. The highest BCUT2D eigenvalue weighted by molar-refractivity contribution is 7.89. The summed E-state index contributed by atoms with van der Waals surface area (Å²) >= 11 is 6.12. The first-order chi connectivity index (χ1) is 11.9. The number of benzene rings is 1. The molecule has 0 radical (unpaired) electrons. The van der Waals surface area contributed by atoms with E-state index < -0.39 is 10.0 Å². The quantitative estimate of drug-likeness (QED) is 0.717. The number of ether oxygens (including phenoxy) is 1. The number of amides is 1. The Balaban J connectivity index is 1.98. The number of hydrogen-bond donors (Lipinski definition) is 2. The highest BCUT2D eigenvalue weighted by atomic mass is 35.5. The van der Waals surface area contributed by atoms with Crippen molar-refractivity contribution < 1.29 is 17.9 Å². The van der Waals surface area contributed by atoms with Crippen molar-refractivity contribution in [2.75, 3.05) is 13.2 Å². The van der Waals surface area contributed by atoms with Crippen molar-refractivity contribution in [3.05, 3.63) is 23.2 Å². The number of rotatable bonds is 8. The van der Waals surface area contributed by atoms with Gasteiger partial charge in [-0.2, -0.15) is 0 Å². The fraction of sp³-hybridized carbons (Fsp3) is 0.588. The van der Waals surface area contributed by atoms with Crippen LogP contribution in [0.3, 0.4) is 0 Å². The van der Waals surface area contributed by atoms with Gasteiger partial charge in [0.05, 0.1) is 9.92 Å². The molecule has 0 saturated heterocycles. The number of nitrogens with one attached hydrogen (secondary N) is 2. The molecule has 0 bridgehead atoms. The molecule has 0 spiro atoms. The van der Waals surface area contributed by atoms with Gasteiger partial charge in [0, 0.05) is 12.6 Å². The molecule has 1 aliphatic carbocycles. The standard InChI is InChI=1S/C17H25ClN2O4S/c1-2-10-19-17(21)12-24-16-9-8-14(11-15(16)18)25(22,23)20-13-6-4-3-5-7-13/h8-9,11,13,20H,2-7,10,12H2,1H3,(H,19,21). The Morgan fingerprint density at radius 2 is 2.00 bits per heavy atom. The summed E-state index contributed by atoms with van der Waals surface area (Å²) in [6, 6.07) is 4.25. The molecule has 8 heteroatoms. The third kappa shape index (κ3) is 6.17. The van der Waals surface area contributed by atoms with Crippen molar-refractivity contribution in [3.8, 4) is 5.75 Å². The van der Waals surface area contributed by atoms with E-state index in [2.05, 4.69) is 10.0 Å². The normalized spacial score (nSPS) is 15.8. The van der Waals surface area contributed by atoms with Crippen LogP contribution in [0.25, 0.3) is 0 Å². The molecule has 1 amide bonds. The van der Waals surface area contributed by atoms with Crippen LogP contribution in [0.1, 0.15) is 45.4 Å². The summed E-state index contributed by atoms with van der Waals surface area (Å²) in [6.07, 6.45) is 5.80. The van der Waals surface area contributed by atoms with E-state index in [1.54, 1.807) is 0 Å². The van der Waals surface area contributed by atoms with Gasteiger partial charge in [0.25, 0.3) is 5.91 Å². The van der Waals surface area contributed by atoms with Crippen LogP contribution in [0.15, 0.2) is 23.1 Å². The molecule has 0 unspecified atom stereocenters. The van der Waals surface area contributed by atoms with Gasteiger partial charge in [0.1, 0.15) is 5.75 Å². The first-order valence-corrected chi connectivity index (χ1v) is 10.5. The molecule has 0 atom stereocenters. The molecule has 140 valence electrons. The van der Waals surface area contributed by atoms with Crippen molar-refractivity contribution in [2.45, 2.75) is 56.4 Å². The van der Waals surface area contributed by atoms with Gasteiger partial charge in [-0.25, -0.2) is 13.1 Å². The predicted octanol–water partition coefficient (Wildman–Crippen LogP) is 2.86. The van der Waals surface area contributed by atoms with E-state index in [0.717, 1.165) is 38.5 Å². The first-order valence-electron chi connectivity index (χ1n) is 8.63. The van der Waals surface area contributed by atoms with Crippen LogP contribution in [0, 0.1) is 0 Å². The van der Waals surface area contributed by atoms with Crippen LogP contribution >= 0.6 is 11.6 Å². The average Bonchev–Trinajstić information content (AvgIpc) is 2.59. The van der Waals surface area contributed by atoms with Crippen LogP contribution < -0.4 is 14.8 Å². The van der Waals surface area contributed by atoms with Gasteiger partial charge in [0.15, 0.2) is 6.61 Å². The van der Waals surface area contributed by atoms with Crippen LogP contribution in [0.5, 0.6) is 5.75 Å². The Labute approximate surface area is 154 Å². The molecule has 2 rings (SSSR count). The summed E-state index contributed by atoms with van der Waals surface area (Å²) in [4.78, 5) is 11.7. The largest absolute Gasteiger partial charge is 0.482 e. The van der Waals surface area contributed by atoms with Gasteiger partial charge in [-0.05, 0) is 37.5 Å². The number of sulfonamides is 1. The zero-order valence-electron chi connectivity index (χ0n) is 14.4. The van der Waals surface area contributed by atoms with Gasteiger partial charge in [-0.1, -0.05) is 37.8 Å². The number of halogens is 1. The maximum atomic E-state index is 12.5. The summed E-state index contributed by atoms with van der Waals surface area (Å²) < 4.78 is 33.0. The van der Waals surface area contributed by atoms with E-state index in [1.807, 2.05) is 6.92 Å². The number of hydrogen-bond acceptors (Lipinski definition) is 4. The van der Waals surface area contributed by atoms with Crippen molar-refractivity contribution in [1.82, 2.24) is 10.0 Å². The highest BCUT2D eigenvalue weighted by Gasteiger charge is 2.22. The second-order valence-corrected chi connectivity index (χ2v) is 8.31. The molecule has 0 heterocycles. The topological polar surface area (TPSA) is 84.5 Å². The molecule has 0 aromatic heterocycles. The lowest BCUT2D eigenvalue weighted by Crippen LogP contribution is -2.36. The predicted molar refractivity (Wildman–Crippen MR) is 97.4 cm³/mol.